The number of hydrogen-bond acceptors (Lipinski definition) is 5. The summed E-state index contributed by atoms with van der Waals surface area (Å²) in [6.07, 6.45) is 2.32. The van der Waals surface area contributed by atoms with E-state index in [1.54, 1.807) is 6.07 Å². The maximum absolute atomic E-state index is 13.5. The fraction of sp³-hybridized carbons (Fsp3) is 0.474. The number of hydrazine groups is 1. The fourth-order valence-electron chi connectivity index (χ4n) is 3.47. The van der Waals surface area contributed by atoms with Crippen LogP contribution in [0.1, 0.15) is 38.2 Å². The smallest absolute Gasteiger partial charge is 0.344 e. The van der Waals surface area contributed by atoms with Gasteiger partial charge in [-0.2, -0.15) is 5.01 Å². The second-order valence-corrected chi connectivity index (χ2v) is 7.30. The first kappa shape index (κ1) is 19.8. The van der Waals surface area contributed by atoms with E-state index >= 15 is 0 Å². The predicted octanol–water partition coefficient (Wildman–Crippen LogP) is 1.44. The van der Waals surface area contributed by atoms with Crippen LogP contribution in [0.3, 0.4) is 0 Å². The van der Waals surface area contributed by atoms with Gasteiger partial charge in [-0.25, -0.2) is 9.18 Å². The summed E-state index contributed by atoms with van der Waals surface area (Å²) in [7, 11) is 0. The van der Waals surface area contributed by atoms with Gasteiger partial charge in [0.15, 0.2) is 6.61 Å². The summed E-state index contributed by atoms with van der Waals surface area (Å²) in [5.41, 5.74) is 1.35. The first-order valence-electron chi connectivity index (χ1n) is 9.16. The number of ether oxygens (including phenoxy) is 1. The quantitative estimate of drug-likeness (QED) is 0.584. The number of urea groups is 1. The second kappa shape index (κ2) is 7.95. The van der Waals surface area contributed by atoms with Crippen LogP contribution in [0.25, 0.3) is 0 Å². The van der Waals surface area contributed by atoms with Gasteiger partial charge in [0, 0.05) is 0 Å². The lowest BCUT2D eigenvalue weighted by atomic mass is 9.77. The average Bonchev–Trinajstić information content (AvgIpc) is 2.89. The molecule has 1 spiro atoms. The van der Waals surface area contributed by atoms with Crippen molar-refractivity contribution < 1.29 is 28.3 Å². The van der Waals surface area contributed by atoms with Gasteiger partial charge in [-0.15, -0.1) is 0 Å². The number of amides is 4. The average molecular weight is 391 g/mol. The van der Waals surface area contributed by atoms with Crippen LogP contribution in [-0.2, 0) is 25.5 Å². The van der Waals surface area contributed by atoms with Crippen molar-refractivity contribution in [3.8, 4) is 0 Å². The molecule has 1 heterocycles. The van der Waals surface area contributed by atoms with Crippen LogP contribution < -0.4 is 10.7 Å². The molecular formula is C19H22FN3O5. The zero-order chi connectivity index (χ0) is 20.3. The monoisotopic (exact) mass is 391 g/mol. The lowest BCUT2D eigenvalue weighted by Gasteiger charge is -2.33. The van der Waals surface area contributed by atoms with E-state index in [9.17, 15) is 23.6 Å². The van der Waals surface area contributed by atoms with Crippen molar-refractivity contribution in [1.29, 1.82) is 0 Å². The third-order valence-electron chi connectivity index (χ3n) is 5.18. The minimum atomic E-state index is -0.974. The van der Waals surface area contributed by atoms with E-state index in [0.717, 1.165) is 12.8 Å². The number of esters is 1. The molecule has 0 bridgehead atoms. The maximum atomic E-state index is 13.5. The minimum absolute atomic E-state index is 0.149. The molecule has 1 saturated carbocycles. The maximum Gasteiger partial charge on any atom is 0.344 e. The number of hydrogen-bond donors (Lipinski definition) is 2. The molecule has 1 aliphatic carbocycles. The van der Waals surface area contributed by atoms with Crippen LogP contribution in [0.15, 0.2) is 24.3 Å². The van der Waals surface area contributed by atoms with Crippen LogP contribution in [-0.4, -0.2) is 41.0 Å². The Hall–Kier alpha value is -2.97. The van der Waals surface area contributed by atoms with E-state index in [4.69, 9.17) is 4.74 Å². The first-order chi connectivity index (χ1) is 13.3. The Bertz CT molecular complexity index is 805. The number of imide groups is 1. The van der Waals surface area contributed by atoms with E-state index in [-0.39, 0.29) is 12.0 Å². The molecule has 2 aliphatic rings. The van der Waals surface area contributed by atoms with Gasteiger partial charge in [-0.05, 0) is 43.2 Å². The molecule has 1 aromatic carbocycles. The van der Waals surface area contributed by atoms with E-state index in [1.165, 1.54) is 18.2 Å². The Morgan fingerprint density at radius 1 is 1.29 bits per heavy atom. The van der Waals surface area contributed by atoms with E-state index in [2.05, 4.69) is 17.7 Å². The van der Waals surface area contributed by atoms with Crippen LogP contribution in [0, 0.1) is 11.7 Å². The number of rotatable bonds is 5. The zero-order valence-corrected chi connectivity index (χ0v) is 15.5. The topological polar surface area (TPSA) is 105 Å². The van der Waals surface area contributed by atoms with Gasteiger partial charge >= 0.3 is 12.0 Å². The Morgan fingerprint density at radius 3 is 2.64 bits per heavy atom. The molecule has 28 heavy (non-hydrogen) atoms. The Kier molecular flexibility index (Phi) is 5.62. The van der Waals surface area contributed by atoms with Crippen LogP contribution in [0.4, 0.5) is 9.18 Å². The van der Waals surface area contributed by atoms with Crippen LogP contribution in [0.5, 0.6) is 0 Å². The Labute approximate surface area is 161 Å². The summed E-state index contributed by atoms with van der Waals surface area (Å²) in [5, 5.41) is 3.31. The van der Waals surface area contributed by atoms with Gasteiger partial charge in [0.05, 0.1) is 6.42 Å². The molecule has 2 fully saturated rings. The van der Waals surface area contributed by atoms with E-state index in [1.807, 2.05) is 0 Å². The van der Waals surface area contributed by atoms with E-state index in [0.29, 0.717) is 23.8 Å². The highest BCUT2D eigenvalue weighted by Crippen LogP contribution is 2.35. The molecule has 3 rings (SSSR count). The van der Waals surface area contributed by atoms with Crippen molar-refractivity contribution in [2.24, 2.45) is 5.92 Å². The molecule has 8 nitrogen and oxygen atoms in total. The summed E-state index contributed by atoms with van der Waals surface area (Å²) < 4.78 is 18.3. The number of carbonyl (C=O) groups is 4. The molecule has 1 aliphatic heterocycles. The number of halogens is 1. The third kappa shape index (κ3) is 4.13. The Balaban J connectivity index is 1.51. The molecular weight excluding hydrogens is 369 g/mol. The third-order valence-corrected chi connectivity index (χ3v) is 5.18. The summed E-state index contributed by atoms with van der Waals surface area (Å²) in [5.74, 6) is -2.19. The molecule has 4 amide bonds. The number of nitrogens with one attached hydrogen (secondary N) is 2. The first-order valence-corrected chi connectivity index (χ1v) is 9.16. The minimum Gasteiger partial charge on any atom is -0.455 e. The normalized spacial score (nSPS) is 24.2. The zero-order valence-electron chi connectivity index (χ0n) is 15.5. The SMILES string of the molecule is CC1CCC2(CC1)NC(=O)N(NC(=O)COC(=O)Cc1ccccc1F)C2=O. The van der Waals surface area contributed by atoms with Gasteiger partial charge in [0.1, 0.15) is 11.4 Å². The lowest BCUT2D eigenvalue weighted by molar-refractivity contribution is -0.150. The molecule has 0 aromatic heterocycles. The number of benzene rings is 1. The van der Waals surface area contributed by atoms with Gasteiger partial charge in [0.25, 0.3) is 11.8 Å². The van der Waals surface area contributed by atoms with Crippen molar-refractivity contribution in [2.75, 3.05) is 6.61 Å². The van der Waals surface area contributed by atoms with Crippen molar-refractivity contribution in [1.82, 2.24) is 15.8 Å². The second-order valence-electron chi connectivity index (χ2n) is 7.30. The lowest BCUT2D eigenvalue weighted by Crippen LogP contribution is -2.52. The predicted molar refractivity (Wildman–Crippen MR) is 94.9 cm³/mol. The summed E-state index contributed by atoms with van der Waals surface area (Å²) in [4.78, 5) is 48.5. The molecule has 1 aromatic rings. The summed E-state index contributed by atoms with van der Waals surface area (Å²) >= 11 is 0. The standard InChI is InChI=1S/C19H22FN3O5/c1-12-6-8-19(9-7-12)17(26)23(18(27)21-19)22-15(24)11-28-16(25)10-13-4-2-3-5-14(13)20/h2-5,12H,6-11H2,1H3,(H,21,27)(H,22,24). The van der Waals surface area contributed by atoms with Gasteiger partial charge < -0.3 is 10.1 Å². The summed E-state index contributed by atoms with van der Waals surface area (Å²) in [6.45, 7) is 1.40. The van der Waals surface area contributed by atoms with Crippen molar-refractivity contribution in [3.05, 3.63) is 35.6 Å². The van der Waals surface area contributed by atoms with E-state index < -0.39 is 41.8 Å². The number of carbonyl (C=O) groups excluding carboxylic acids is 4. The number of nitrogens with zero attached hydrogens (tertiary/aromatic N) is 1. The molecule has 1 saturated heterocycles. The largest absolute Gasteiger partial charge is 0.455 e. The highest BCUT2D eigenvalue weighted by molar-refractivity contribution is 6.08. The molecule has 0 radical (unpaired) electrons. The van der Waals surface area contributed by atoms with Gasteiger partial charge in [-0.1, -0.05) is 25.1 Å². The highest BCUT2D eigenvalue weighted by Gasteiger charge is 2.52. The molecule has 9 heteroatoms. The Morgan fingerprint density at radius 2 is 1.96 bits per heavy atom. The van der Waals surface area contributed by atoms with Crippen molar-refractivity contribution in [2.45, 2.75) is 44.6 Å². The van der Waals surface area contributed by atoms with Crippen molar-refractivity contribution in [3.63, 3.8) is 0 Å². The van der Waals surface area contributed by atoms with Gasteiger partial charge in [-0.3, -0.25) is 19.8 Å². The molecule has 0 unspecified atom stereocenters. The molecule has 150 valence electrons. The highest BCUT2D eigenvalue weighted by atomic mass is 19.1. The van der Waals surface area contributed by atoms with Crippen LogP contribution >= 0.6 is 0 Å². The molecule has 2 N–H and O–H groups in total. The summed E-state index contributed by atoms with van der Waals surface area (Å²) in [6, 6.07) is 5.03. The van der Waals surface area contributed by atoms with Crippen LogP contribution in [0.2, 0.25) is 0 Å². The fourth-order valence-corrected chi connectivity index (χ4v) is 3.47. The molecule has 0 atom stereocenters. The van der Waals surface area contributed by atoms with Gasteiger partial charge in [0.2, 0.25) is 0 Å². The van der Waals surface area contributed by atoms with Crippen molar-refractivity contribution >= 4 is 23.8 Å².